The van der Waals surface area contributed by atoms with Gasteiger partial charge in [-0.25, -0.2) is 9.67 Å². The van der Waals surface area contributed by atoms with E-state index in [4.69, 9.17) is 27.9 Å². The summed E-state index contributed by atoms with van der Waals surface area (Å²) >= 11 is 12.1. The molecule has 0 fully saturated rings. The summed E-state index contributed by atoms with van der Waals surface area (Å²) < 4.78 is 6.95. The predicted molar refractivity (Wildman–Crippen MR) is 91.4 cm³/mol. The molecule has 0 aliphatic rings. The van der Waals surface area contributed by atoms with Crippen LogP contribution < -0.4 is 0 Å². The number of rotatable bonds is 6. The van der Waals surface area contributed by atoms with Crippen molar-refractivity contribution in [2.24, 2.45) is 0 Å². The van der Waals surface area contributed by atoms with E-state index in [-0.39, 0.29) is 5.78 Å². The Morgan fingerprint density at radius 1 is 1.39 bits per heavy atom. The van der Waals surface area contributed by atoms with Crippen molar-refractivity contribution in [3.63, 3.8) is 0 Å². The van der Waals surface area contributed by atoms with Crippen LogP contribution in [0.15, 0.2) is 30.9 Å². The molecule has 122 valence electrons. The minimum atomic E-state index is -0.995. The first-order valence-electron chi connectivity index (χ1n) is 7.05. The summed E-state index contributed by atoms with van der Waals surface area (Å²) in [7, 11) is 0. The van der Waals surface area contributed by atoms with Crippen LogP contribution in [0.1, 0.15) is 26.3 Å². The molecular weight excluding hydrogens is 337 g/mol. The van der Waals surface area contributed by atoms with Crippen molar-refractivity contribution in [1.29, 1.82) is 0 Å². The number of ketones is 1. The molecule has 0 amide bonds. The molecule has 23 heavy (non-hydrogen) atoms. The summed E-state index contributed by atoms with van der Waals surface area (Å²) in [5, 5.41) is 5.01. The number of ether oxygens (including phenoxy) is 1. The lowest BCUT2D eigenvalue weighted by molar-refractivity contribution is -0.133. The van der Waals surface area contributed by atoms with Crippen LogP contribution in [-0.4, -0.2) is 32.8 Å². The third-order valence-corrected chi connectivity index (χ3v) is 3.77. The standard InChI is InChI=1S/C16H17Cl2N3O2/c1-4-23-16(2,3)15(22)14(21-10-19-9-20-21)7-11-5-6-12(17)8-13(11)18/h5-10H,4H2,1-3H3/b14-7-. The van der Waals surface area contributed by atoms with Crippen LogP contribution in [-0.2, 0) is 9.53 Å². The summed E-state index contributed by atoms with van der Waals surface area (Å²) in [6.45, 7) is 5.69. The van der Waals surface area contributed by atoms with E-state index in [1.54, 1.807) is 38.1 Å². The maximum atomic E-state index is 12.9. The highest BCUT2D eigenvalue weighted by Gasteiger charge is 2.32. The Balaban J connectivity index is 2.51. The van der Waals surface area contributed by atoms with E-state index in [9.17, 15) is 4.79 Å². The van der Waals surface area contributed by atoms with Crippen molar-refractivity contribution in [3.8, 4) is 0 Å². The third-order valence-electron chi connectivity index (χ3n) is 3.20. The van der Waals surface area contributed by atoms with E-state index in [0.29, 0.717) is 27.9 Å². The minimum absolute atomic E-state index is 0.226. The molecule has 0 atom stereocenters. The molecule has 1 aromatic heterocycles. The maximum absolute atomic E-state index is 12.9. The van der Waals surface area contributed by atoms with Crippen LogP contribution in [0.25, 0.3) is 11.8 Å². The Hall–Kier alpha value is -1.69. The van der Waals surface area contributed by atoms with Gasteiger partial charge in [-0.1, -0.05) is 29.3 Å². The van der Waals surface area contributed by atoms with Crippen molar-refractivity contribution >= 4 is 40.8 Å². The Labute approximate surface area is 144 Å². The fourth-order valence-electron chi connectivity index (χ4n) is 2.07. The molecule has 0 aliphatic carbocycles. The smallest absolute Gasteiger partial charge is 0.212 e. The predicted octanol–water partition coefficient (Wildman–Crippen LogP) is 3.97. The number of hydrogen-bond donors (Lipinski definition) is 0. The van der Waals surface area contributed by atoms with Gasteiger partial charge in [0.15, 0.2) is 0 Å². The second-order valence-corrected chi connectivity index (χ2v) is 6.15. The molecule has 0 unspecified atom stereocenters. The minimum Gasteiger partial charge on any atom is -0.368 e. The quantitative estimate of drug-likeness (QED) is 0.737. The first kappa shape index (κ1) is 17.7. The van der Waals surface area contributed by atoms with Gasteiger partial charge in [0.2, 0.25) is 5.78 Å². The van der Waals surface area contributed by atoms with Crippen LogP contribution in [0.5, 0.6) is 0 Å². The first-order valence-corrected chi connectivity index (χ1v) is 7.81. The van der Waals surface area contributed by atoms with Gasteiger partial charge in [-0.15, -0.1) is 0 Å². The Morgan fingerprint density at radius 2 is 2.13 bits per heavy atom. The molecule has 0 bridgehead atoms. The van der Waals surface area contributed by atoms with Gasteiger partial charge >= 0.3 is 0 Å². The van der Waals surface area contributed by atoms with E-state index in [2.05, 4.69) is 10.1 Å². The SMILES string of the molecule is CCOC(C)(C)C(=O)/C(=C/c1ccc(Cl)cc1Cl)n1cncn1. The third kappa shape index (κ3) is 4.19. The number of carbonyl (C=O) groups is 1. The molecule has 0 N–H and O–H groups in total. The molecule has 7 heteroatoms. The van der Waals surface area contributed by atoms with E-state index in [1.165, 1.54) is 17.3 Å². The summed E-state index contributed by atoms with van der Waals surface area (Å²) in [5.74, 6) is -0.226. The second-order valence-electron chi connectivity index (χ2n) is 5.31. The largest absolute Gasteiger partial charge is 0.368 e. The van der Waals surface area contributed by atoms with Crippen LogP contribution in [0, 0.1) is 0 Å². The molecule has 0 saturated carbocycles. The van der Waals surface area contributed by atoms with Crippen molar-refractivity contribution < 1.29 is 9.53 Å². The number of aromatic nitrogens is 3. The molecular formula is C16H17Cl2N3O2. The lowest BCUT2D eigenvalue weighted by Gasteiger charge is -2.24. The van der Waals surface area contributed by atoms with Gasteiger partial charge in [-0.3, -0.25) is 4.79 Å². The molecule has 0 spiro atoms. The van der Waals surface area contributed by atoms with Crippen LogP contribution in [0.4, 0.5) is 0 Å². The highest BCUT2D eigenvalue weighted by molar-refractivity contribution is 6.36. The summed E-state index contributed by atoms with van der Waals surface area (Å²) in [4.78, 5) is 16.8. The summed E-state index contributed by atoms with van der Waals surface area (Å²) in [6.07, 6.45) is 4.46. The van der Waals surface area contributed by atoms with E-state index in [1.807, 2.05) is 6.92 Å². The molecule has 1 heterocycles. The van der Waals surface area contributed by atoms with E-state index >= 15 is 0 Å². The van der Waals surface area contributed by atoms with Gasteiger partial charge in [-0.05, 0) is 44.5 Å². The zero-order valence-electron chi connectivity index (χ0n) is 13.1. The van der Waals surface area contributed by atoms with E-state index < -0.39 is 5.60 Å². The first-order chi connectivity index (χ1) is 10.8. The van der Waals surface area contributed by atoms with Gasteiger partial charge in [0.05, 0.1) is 0 Å². The zero-order valence-corrected chi connectivity index (χ0v) is 14.6. The molecule has 5 nitrogen and oxygen atoms in total. The topological polar surface area (TPSA) is 57.0 Å². The normalized spacial score (nSPS) is 12.5. The van der Waals surface area contributed by atoms with Gasteiger partial charge in [0, 0.05) is 16.7 Å². The number of nitrogens with zero attached hydrogens (tertiary/aromatic N) is 3. The second kappa shape index (κ2) is 7.25. The summed E-state index contributed by atoms with van der Waals surface area (Å²) in [5.41, 5.74) is -0.0294. The molecule has 1 aromatic carbocycles. The van der Waals surface area contributed by atoms with Crippen molar-refractivity contribution in [1.82, 2.24) is 14.8 Å². The molecule has 0 saturated heterocycles. The zero-order chi connectivity index (χ0) is 17.0. The maximum Gasteiger partial charge on any atom is 0.212 e. The van der Waals surface area contributed by atoms with Gasteiger partial charge < -0.3 is 4.74 Å². The average Bonchev–Trinajstić information content (AvgIpc) is 3.00. The number of benzene rings is 1. The highest BCUT2D eigenvalue weighted by atomic mass is 35.5. The number of halogens is 2. The Kier molecular flexibility index (Phi) is 5.57. The molecule has 2 aromatic rings. The fraction of sp³-hybridized carbons (Fsp3) is 0.312. The number of Topliss-reactive ketones (excluding diaryl/α,β-unsaturated/α-hetero) is 1. The number of hydrogen-bond acceptors (Lipinski definition) is 4. The highest BCUT2D eigenvalue weighted by Crippen LogP contribution is 2.26. The van der Waals surface area contributed by atoms with Gasteiger partial charge in [-0.2, -0.15) is 5.10 Å². The fourth-order valence-corrected chi connectivity index (χ4v) is 2.53. The Morgan fingerprint density at radius 3 is 2.70 bits per heavy atom. The lowest BCUT2D eigenvalue weighted by Crippen LogP contribution is -2.37. The van der Waals surface area contributed by atoms with Crippen LogP contribution >= 0.6 is 23.2 Å². The molecule has 0 aliphatic heterocycles. The van der Waals surface area contributed by atoms with Gasteiger partial charge in [0.1, 0.15) is 24.0 Å². The number of carbonyl (C=O) groups excluding carboxylic acids is 1. The van der Waals surface area contributed by atoms with Gasteiger partial charge in [0.25, 0.3) is 0 Å². The monoisotopic (exact) mass is 353 g/mol. The van der Waals surface area contributed by atoms with Crippen molar-refractivity contribution in [2.75, 3.05) is 6.61 Å². The Bertz CT molecular complexity index is 725. The van der Waals surface area contributed by atoms with Crippen LogP contribution in [0.2, 0.25) is 10.0 Å². The average molecular weight is 354 g/mol. The van der Waals surface area contributed by atoms with E-state index in [0.717, 1.165) is 0 Å². The molecule has 2 rings (SSSR count). The van der Waals surface area contributed by atoms with Crippen molar-refractivity contribution in [2.45, 2.75) is 26.4 Å². The molecule has 0 radical (unpaired) electrons. The summed E-state index contributed by atoms with van der Waals surface area (Å²) in [6, 6.07) is 5.06. The van der Waals surface area contributed by atoms with Crippen LogP contribution in [0.3, 0.4) is 0 Å². The lowest BCUT2D eigenvalue weighted by atomic mass is 9.99. The van der Waals surface area contributed by atoms with Crippen molar-refractivity contribution in [3.05, 3.63) is 46.5 Å².